The lowest BCUT2D eigenvalue weighted by Gasteiger charge is -2.24. The average Bonchev–Trinajstić information content (AvgIpc) is 2.49. The fourth-order valence-electron chi connectivity index (χ4n) is 2.08. The van der Waals surface area contributed by atoms with Gasteiger partial charge < -0.3 is 5.32 Å². The van der Waals surface area contributed by atoms with Gasteiger partial charge in [-0.25, -0.2) is 0 Å². The van der Waals surface area contributed by atoms with E-state index in [1.54, 1.807) is 24.3 Å². The molecule has 21 heavy (non-hydrogen) atoms. The molecule has 0 aliphatic heterocycles. The van der Waals surface area contributed by atoms with E-state index in [2.05, 4.69) is 24.4 Å². The van der Waals surface area contributed by atoms with Crippen LogP contribution in [0.25, 0.3) is 0 Å². The Bertz CT molecular complexity index is 583. The minimum Gasteiger partial charge on any atom is -0.325 e. The molecule has 0 aromatic heterocycles. The first-order valence-electron chi connectivity index (χ1n) is 6.87. The van der Waals surface area contributed by atoms with Crippen LogP contribution in [0.4, 0.5) is 5.69 Å². The van der Waals surface area contributed by atoms with Crippen LogP contribution in [0, 0.1) is 0 Å². The van der Waals surface area contributed by atoms with Crippen LogP contribution in [0.2, 0.25) is 5.02 Å². The van der Waals surface area contributed by atoms with Gasteiger partial charge in [0.05, 0.1) is 6.54 Å². The Morgan fingerprint density at radius 2 is 1.76 bits per heavy atom. The molecule has 3 nitrogen and oxygen atoms in total. The lowest BCUT2D eigenvalue weighted by atomic mass is 10.1. The van der Waals surface area contributed by atoms with Crippen LogP contribution in [0.5, 0.6) is 0 Å². The van der Waals surface area contributed by atoms with Gasteiger partial charge in [0.25, 0.3) is 0 Å². The van der Waals surface area contributed by atoms with Crippen LogP contribution in [-0.4, -0.2) is 24.4 Å². The minimum atomic E-state index is -0.0393. The van der Waals surface area contributed by atoms with Crippen molar-refractivity contribution in [1.29, 1.82) is 0 Å². The van der Waals surface area contributed by atoms with Gasteiger partial charge in [-0.1, -0.05) is 41.9 Å². The number of carbonyl (C=O) groups excluding carboxylic acids is 1. The largest absolute Gasteiger partial charge is 0.325 e. The van der Waals surface area contributed by atoms with E-state index in [0.29, 0.717) is 11.6 Å². The molecule has 0 fully saturated rings. The van der Waals surface area contributed by atoms with Gasteiger partial charge in [-0.15, -0.1) is 0 Å². The number of hydrogen-bond acceptors (Lipinski definition) is 2. The fourth-order valence-corrected chi connectivity index (χ4v) is 2.21. The van der Waals surface area contributed by atoms with Gasteiger partial charge in [0.1, 0.15) is 0 Å². The third kappa shape index (κ3) is 4.59. The van der Waals surface area contributed by atoms with E-state index < -0.39 is 0 Å². The number of hydrogen-bond donors (Lipinski definition) is 1. The molecule has 2 aromatic carbocycles. The topological polar surface area (TPSA) is 32.3 Å². The van der Waals surface area contributed by atoms with Gasteiger partial charge in [0.15, 0.2) is 0 Å². The molecule has 0 aliphatic rings. The molecule has 0 saturated heterocycles. The zero-order chi connectivity index (χ0) is 15.2. The SMILES string of the molecule is C[C@H](c1ccccc1)N(C)CC(=O)Nc1ccc(Cl)cc1. The lowest BCUT2D eigenvalue weighted by Crippen LogP contribution is -2.32. The summed E-state index contributed by atoms with van der Waals surface area (Å²) in [7, 11) is 1.94. The number of carbonyl (C=O) groups is 1. The second-order valence-corrected chi connectivity index (χ2v) is 5.49. The molecule has 0 bridgehead atoms. The number of amides is 1. The van der Waals surface area contributed by atoms with Crippen LogP contribution >= 0.6 is 11.6 Å². The maximum Gasteiger partial charge on any atom is 0.238 e. The number of likely N-dealkylation sites (N-methyl/N-ethyl adjacent to an activating group) is 1. The summed E-state index contributed by atoms with van der Waals surface area (Å²) < 4.78 is 0. The Morgan fingerprint density at radius 3 is 2.38 bits per heavy atom. The Kier molecular flexibility index (Phi) is 5.37. The van der Waals surface area contributed by atoms with Gasteiger partial charge in [-0.2, -0.15) is 0 Å². The summed E-state index contributed by atoms with van der Waals surface area (Å²) in [5, 5.41) is 3.52. The number of anilines is 1. The van der Waals surface area contributed by atoms with E-state index in [1.165, 1.54) is 5.56 Å². The second kappa shape index (κ2) is 7.25. The molecule has 110 valence electrons. The third-order valence-corrected chi connectivity index (χ3v) is 3.72. The predicted octanol–water partition coefficient (Wildman–Crippen LogP) is 3.97. The van der Waals surface area contributed by atoms with Gasteiger partial charge in [0.2, 0.25) is 5.91 Å². The summed E-state index contributed by atoms with van der Waals surface area (Å²) in [6.45, 7) is 2.42. The first kappa shape index (κ1) is 15.5. The quantitative estimate of drug-likeness (QED) is 0.906. The molecule has 4 heteroatoms. The van der Waals surface area contributed by atoms with Gasteiger partial charge in [-0.3, -0.25) is 9.69 Å². The lowest BCUT2D eigenvalue weighted by molar-refractivity contribution is -0.117. The second-order valence-electron chi connectivity index (χ2n) is 5.06. The summed E-state index contributed by atoms with van der Waals surface area (Å²) >= 11 is 5.82. The highest BCUT2D eigenvalue weighted by molar-refractivity contribution is 6.30. The van der Waals surface area contributed by atoms with Crippen LogP contribution < -0.4 is 5.32 Å². The van der Waals surface area contributed by atoms with Crippen molar-refractivity contribution in [3.8, 4) is 0 Å². The van der Waals surface area contributed by atoms with E-state index in [0.717, 1.165) is 5.69 Å². The molecule has 0 heterocycles. The smallest absolute Gasteiger partial charge is 0.238 e. The first-order valence-corrected chi connectivity index (χ1v) is 7.24. The molecule has 0 spiro atoms. The van der Waals surface area contributed by atoms with E-state index in [4.69, 9.17) is 11.6 Å². The van der Waals surface area contributed by atoms with E-state index in [-0.39, 0.29) is 11.9 Å². The molecule has 2 aromatic rings. The summed E-state index contributed by atoms with van der Waals surface area (Å²) in [6.07, 6.45) is 0. The van der Waals surface area contributed by atoms with Gasteiger partial charge in [0, 0.05) is 16.8 Å². The van der Waals surface area contributed by atoms with Crippen molar-refractivity contribution in [3.63, 3.8) is 0 Å². The molecule has 0 unspecified atom stereocenters. The van der Waals surface area contributed by atoms with E-state index >= 15 is 0 Å². The summed E-state index contributed by atoms with van der Waals surface area (Å²) in [5.41, 5.74) is 1.95. The highest BCUT2D eigenvalue weighted by atomic mass is 35.5. The zero-order valence-corrected chi connectivity index (χ0v) is 13.0. The van der Waals surface area contributed by atoms with Crippen LogP contribution in [0.15, 0.2) is 54.6 Å². The summed E-state index contributed by atoms with van der Waals surface area (Å²) in [5.74, 6) is -0.0393. The van der Waals surface area contributed by atoms with Crippen molar-refractivity contribution < 1.29 is 4.79 Å². The molecule has 0 radical (unpaired) electrons. The van der Waals surface area contributed by atoms with Crippen molar-refractivity contribution in [2.75, 3.05) is 18.9 Å². The number of benzene rings is 2. The van der Waals surface area contributed by atoms with E-state index in [1.807, 2.05) is 30.1 Å². The molecule has 1 amide bonds. The van der Waals surface area contributed by atoms with Gasteiger partial charge >= 0.3 is 0 Å². The highest BCUT2D eigenvalue weighted by Crippen LogP contribution is 2.18. The van der Waals surface area contributed by atoms with Gasteiger partial charge in [-0.05, 0) is 43.8 Å². The fraction of sp³-hybridized carbons (Fsp3) is 0.235. The first-order chi connectivity index (χ1) is 10.1. The Balaban J connectivity index is 1.91. The Labute approximate surface area is 130 Å². The molecule has 0 saturated carbocycles. The Hall–Kier alpha value is -1.84. The van der Waals surface area contributed by atoms with Crippen molar-refractivity contribution >= 4 is 23.2 Å². The van der Waals surface area contributed by atoms with Crippen molar-refractivity contribution in [1.82, 2.24) is 4.90 Å². The van der Waals surface area contributed by atoms with E-state index in [9.17, 15) is 4.79 Å². The molecule has 2 rings (SSSR count). The molecule has 1 N–H and O–H groups in total. The zero-order valence-electron chi connectivity index (χ0n) is 12.2. The standard InChI is InChI=1S/C17H19ClN2O/c1-13(14-6-4-3-5-7-14)20(2)12-17(21)19-16-10-8-15(18)9-11-16/h3-11,13H,12H2,1-2H3,(H,19,21)/t13-/m1/s1. The average molecular weight is 303 g/mol. The molecular weight excluding hydrogens is 284 g/mol. The monoisotopic (exact) mass is 302 g/mol. The highest BCUT2D eigenvalue weighted by Gasteiger charge is 2.14. The number of nitrogens with one attached hydrogen (secondary N) is 1. The third-order valence-electron chi connectivity index (χ3n) is 3.46. The molecular formula is C17H19ClN2O. The summed E-state index contributed by atoms with van der Waals surface area (Å²) in [6, 6.07) is 17.4. The number of rotatable bonds is 5. The maximum absolute atomic E-state index is 12.1. The number of nitrogens with zero attached hydrogens (tertiary/aromatic N) is 1. The summed E-state index contributed by atoms with van der Waals surface area (Å²) in [4.78, 5) is 14.1. The van der Waals surface area contributed by atoms with Crippen LogP contribution in [-0.2, 0) is 4.79 Å². The van der Waals surface area contributed by atoms with Crippen molar-refractivity contribution in [2.45, 2.75) is 13.0 Å². The Morgan fingerprint density at radius 1 is 1.14 bits per heavy atom. The predicted molar refractivity (Wildman–Crippen MR) is 87.6 cm³/mol. The van der Waals surface area contributed by atoms with Crippen LogP contribution in [0.1, 0.15) is 18.5 Å². The maximum atomic E-state index is 12.1. The van der Waals surface area contributed by atoms with Crippen molar-refractivity contribution in [2.24, 2.45) is 0 Å². The van der Waals surface area contributed by atoms with Crippen LogP contribution in [0.3, 0.4) is 0 Å². The van der Waals surface area contributed by atoms with Crippen molar-refractivity contribution in [3.05, 3.63) is 65.2 Å². The minimum absolute atomic E-state index is 0.0393. The molecule has 1 atom stereocenters. The molecule has 0 aliphatic carbocycles. The normalized spacial score (nSPS) is 12.2. The number of halogens is 1.